The van der Waals surface area contributed by atoms with Gasteiger partial charge >= 0.3 is 0 Å². The van der Waals surface area contributed by atoms with Crippen molar-refractivity contribution in [3.63, 3.8) is 0 Å². The van der Waals surface area contributed by atoms with E-state index in [0.717, 1.165) is 51.4 Å². The molecular weight excluding hydrogens is 380 g/mol. The van der Waals surface area contributed by atoms with Crippen molar-refractivity contribution < 1.29 is 0 Å². The number of nitrogens with zero attached hydrogens (tertiary/aromatic N) is 4. The fourth-order valence-electron chi connectivity index (χ4n) is 4.97. The van der Waals surface area contributed by atoms with Crippen molar-refractivity contribution in [1.82, 2.24) is 9.80 Å². The molecule has 4 nitrogen and oxygen atoms in total. The molecule has 0 spiro atoms. The van der Waals surface area contributed by atoms with E-state index in [1.54, 1.807) is 0 Å². The molecule has 3 aromatic carbocycles. The van der Waals surface area contributed by atoms with E-state index in [1.807, 2.05) is 12.1 Å². The summed E-state index contributed by atoms with van der Waals surface area (Å²) in [5.74, 6) is 0. The minimum atomic E-state index is 0.472. The Labute approximate surface area is 184 Å². The Morgan fingerprint density at radius 3 is 2.23 bits per heavy atom. The highest BCUT2D eigenvalue weighted by molar-refractivity contribution is 5.56. The topological polar surface area (TPSA) is 33.5 Å². The minimum Gasteiger partial charge on any atom is -0.364 e. The predicted molar refractivity (Wildman–Crippen MR) is 125 cm³/mol. The maximum Gasteiger partial charge on any atom is 0.0991 e. The lowest BCUT2D eigenvalue weighted by Gasteiger charge is -2.43. The lowest BCUT2D eigenvalue weighted by Crippen LogP contribution is -2.55. The number of benzene rings is 3. The molecule has 0 bridgehead atoms. The molecule has 3 aromatic rings. The average molecular weight is 409 g/mol. The third kappa shape index (κ3) is 4.49. The van der Waals surface area contributed by atoms with Crippen LogP contribution in [0.15, 0.2) is 78.9 Å². The van der Waals surface area contributed by atoms with Gasteiger partial charge in [-0.15, -0.1) is 0 Å². The van der Waals surface area contributed by atoms with Gasteiger partial charge in [0.05, 0.1) is 17.7 Å². The fraction of sp³-hybridized carbons (Fsp3) is 0.296. The van der Waals surface area contributed by atoms with Crippen LogP contribution in [0.2, 0.25) is 0 Å². The molecule has 1 fully saturated rings. The Kier molecular flexibility index (Phi) is 5.71. The van der Waals surface area contributed by atoms with Gasteiger partial charge in [-0.1, -0.05) is 60.7 Å². The molecule has 0 N–H and O–H groups in total. The molecule has 1 unspecified atom stereocenters. The van der Waals surface area contributed by atoms with Crippen LogP contribution in [0.1, 0.15) is 22.3 Å². The van der Waals surface area contributed by atoms with E-state index >= 15 is 0 Å². The first-order chi connectivity index (χ1) is 15.3. The number of fused-ring (bicyclic) bond motifs is 3. The Morgan fingerprint density at radius 2 is 1.42 bits per heavy atom. The first kappa shape index (κ1) is 19.8. The van der Waals surface area contributed by atoms with Crippen LogP contribution in [-0.2, 0) is 19.6 Å². The van der Waals surface area contributed by atoms with Crippen LogP contribution >= 0.6 is 0 Å². The zero-order valence-electron chi connectivity index (χ0n) is 17.8. The van der Waals surface area contributed by atoms with E-state index in [-0.39, 0.29) is 0 Å². The zero-order chi connectivity index (χ0) is 21.0. The van der Waals surface area contributed by atoms with Gasteiger partial charge in [0.25, 0.3) is 0 Å². The van der Waals surface area contributed by atoms with E-state index in [1.165, 1.54) is 22.4 Å². The third-order valence-electron chi connectivity index (χ3n) is 6.47. The summed E-state index contributed by atoms with van der Waals surface area (Å²) in [5, 5.41) is 9.09. The Bertz CT molecular complexity index is 1050. The summed E-state index contributed by atoms with van der Waals surface area (Å²) in [6.45, 7) is 7.16. The van der Waals surface area contributed by atoms with Crippen LogP contribution in [-0.4, -0.2) is 42.0 Å². The zero-order valence-corrected chi connectivity index (χ0v) is 17.8. The molecule has 0 aromatic heterocycles. The molecule has 1 atom stereocenters. The SMILES string of the molecule is N#Cc1ccc(CN2Cc3ccccc3N3CCN(Cc4ccccc4)CC3C2)cc1. The van der Waals surface area contributed by atoms with Gasteiger partial charge in [-0.25, -0.2) is 0 Å². The first-order valence-corrected chi connectivity index (χ1v) is 11.1. The van der Waals surface area contributed by atoms with Crippen LogP contribution in [0.25, 0.3) is 0 Å². The lowest BCUT2D eigenvalue weighted by atomic mass is 10.1. The number of para-hydroxylation sites is 1. The molecule has 2 aliphatic heterocycles. The van der Waals surface area contributed by atoms with Crippen LogP contribution in [0.5, 0.6) is 0 Å². The molecule has 0 radical (unpaired) electrons. The third-order valence-corrected chi connectivity index (χ3v) is 6.47. The van der Waals surface area contributed by atoms with Crippen molar-refractivity contribution in [3.8, 4) is 6.07 Å². The normalized spacial score (nSPS) is 19.2. The molecule has 2 heterocycles. The molecule has 1 saturated heterocycles. The molecule has 5 rings (SSSR count). The van der Waals surface area contributed by atoms with Gasteiger partial charge in [0, 0.05) is 51.5 Å². The standard InChI is InChI=1S/C27H28N4/c28-16-22-10-12-24(13-11-22)18-30-19-25-8-4-5-9-27(25)31-15-14-29(20-26(31)21-30)17-23-6-2-1-3-7-23/h1-13,26H,14-15,17-21H2. The van der Waals surface area contributed by atoms with Crippen molar-refractivity contribution in [3.05, 3.63) is 101 Å². The highest BCUT2D eigenvalue weighted by atomic mass is 15.3. The second-order valence-electron chi connectivity index (χ2n) is 8.67. The van der Waals surface area contributed by atoms with Gasteiger partial charge in [0.1, 0.15) is 0 Å². The second kappa shape index (κ2) is 8.93. The van der Waals surface area contributed by atoms with Crippen molar-refractivity contribution in [2.24, 2.45) is 0 Å². The minimum absolute atomic E-state index is 0.472. The number of anilines is 1. The van der Waals surface area contributed by atoms with Crippen LogP contribution in [0.4, 0.5) is 5.69 Å². The molecule has 156 valence electrons. The van der Waals surface area contributed by atoms with Crippen molar-refractivity contribution in [2.75, 3.05) is 31.1 Å². The number of rotatable bonds is 4. The summed E-state index contributed by atoms with van der Waals surface area (Å²) in [7, 11) is 0. The summed E-state index contributed by atoms with van der Waals surface area (Å²) in [5.41, 5.74) is 6.19. The quantitative estimate of drug-likeness (QED) is 0.646. The fourth-order valence-corrected chi connectivity index (χ4v) is 4.97. The summed E-state index contributed by atoms with van der Waals surface area (Å²) >= 11 is 0. The summed E-state index contributed by atoms with van der Waals surface area (Å²) in [6.07, 6.45) is 0. The highest BCUT2D eigenvalue weighted by Gasteiger charge is 2.32. The predicted octanol–water partition coefficient (Wildman–Crippen LogP) is 4.26. The summed E-state index contributed by atoms with van der Waals surface area (Å²) in [4.78, 5) is 7.80. The molecular formula is C27H28N4. The van der Waals surface area contributed by atoms with Gasteiger partial charge in [-0.05, 0) is 34.9 Å². The van der Waals surface area contributed by atoms with E-state index in [2.05, 4.69) is 87.5 Å². The molecule has 31 heavy (non-hydrogen) atoms. The van der Waals surface area contributed by atoms with Gasteiger partial charge < -0.3 is 4.90 Å². The van der Waals surface area contributed by atoms with Gasteiger partial charge in [0.15, 0.2) is 0 Å². The number of hydrogen-bond acceptors (Lipinski definition) is 4. The average Bonchev–Trinajstić information content (AvgIpc) is 2.96. The van der Waals surface area contributed by atoms with E-state index in [9.17, 15) is 0 Å². The van der Waals surface area contributed by atoms with Gasteiger partial charge in [-0.2, -0.15) is 5.26 Å². The largest absolute Gasteiger partial charge is 0.364 e. The van der Waals surface area contributed by atoms with E-state index in [0.29, 0.717) is 6.04 Å². The molecule has 0 saturated carbocycles. The monoisotopic (exact) mass is 408 g/mol. The molecule has 0 aliphatic carbocycles. The van der Waals surface area contributed by atoms with Crippen molar-refractivity contribution in [1.29, 1.82) is 5.26 Å². The Morgan fingerprint density at radius 1 is 0.742 bits per heavy atom. The maximum absolute atomic E-state index is 9.09. The van der Waals surface area contributed by atoms with Crippen LogP contribution in [0.3, 0.4) is 0 Å². The smallest absolute Gasteiger partial charge is 0.0991 e. The second-order valence-corrected chi connectivity index (χ2v) is 8.67. The van der Waals surface area contributed by atoms with Crippen LogP contribution < -0.4 is 4.90 Å². The van der Waals surface area contributed by atoms with E-state index in [4.69, 9.17) is 5.26 Å². The Balaban J connectivity index is 1.36. The van der Waals surface area contributed by atoms with Crippen molar-refractivity contribution in [2.45, 2.75) is 25.7 Å². The number of hydrogen-bond donors (Lipinski definition) is 0. The van der Waals surface area contributed by atoms with Crippen LogP contribution in [0, 0.1) is 11.3 Å². The first-order valence-electron chi connectivity index (χ1n) is 11.1. The highest BCUT2D eigenvalue weighted by Crippen LogP contribution is 2.31. The number of nitriles is 1. The lowest BCUT2D eigenvalue weighted by molar-refractivity contribution is 0.172. The maximum atomic E-state index is 9.09. The Hall–Kier alpha value is -3.13. The van der Waals surface area contributed by atoms with E-state index < -0.39 is 0 Å². The molecule has 0 amide bonds. The molecule has 2 aliphatic rings. The summed E-state index contributed by atoms with van der Waals surface area (Å²) < 4.78 is 0. The van der Waals surface area contributed by atoms with Crippen molar-refractivity contribution >= 4 is 5.69 Å². The molecule has 4 heteroatoms. The summed E-state index contributed by atoms with van der Waals surface area (Å²) in [6, 6.07) is 30.4. The number of piperazine rings is 1. The van der Waals surface area contributed by atoms with Gasteiger partial charge in [-0.3, -0.25) is 9.80 Å². The van der Waals surface area contributed by atoms with Gasteiger partial charge in [0.2, 0.25) is 0 Å².